The number of hydrogen-bond donors (Lipinski definition) is 2. The van der Waals surface area contributed by atoms with E-state index in [0.717, 1.165) is 61.1 Å². The Kier molecular flexibility index (Phi) is 6.92. The predicted octanol–water partition coefficient (Wildman–Crippen LogP) is 3.05. The number of hydrogen-bond acceptors (Lipinski definition) is 7. The molecule has 1 spiro atoms. The van der Waals surface area contributed by atoms with Crippen LogP contribution in [0.15, 0.2) is 18.2 Å². The molecule has 2 N–H and O–H groups in total. The number of aromatic nitrogens is 1. The summed E-state index contributed by atoms with van der Waals surface area (Å²) in [6.07, 6.45) is 5.28. The van der Waals surface area contributed by atoms with Gasteiger partial charge in [-0.25, -0.2) is 9.78 Å². The van der Waals surface area contributed by atoms with Gasteiger partial charge in [0.15, 0.2) is 11.5 Å². The molecule has 1 aromatic carbocycles. The first kappa shape index (κ1) is 23.8. The maximum absolute atomic E-state index is 11.9. The Morgan fingerprint density at radius 2 is 1.76 bits per heavy atom. The summed E-state index contributed by atoms with van der Waals surface area (Å²) >= 11 is 0. The Morgan fingerprint density at radius 3 is 2.41 bits per heavy atom. The number of piperidine rings is 1. The van der Waals surface area contributed by atoms with E-state index >= 15 is 0 Å². The lowest BCUT2D eigenvalue weighted by Gasteiger charge is -2.45. The van der Waals surface area contributed by atoms with Gasteiger partial charge in [-0.2, -0.15) is 0 Å². The third kappa shape index (κ3) is 4.27. The van der Waals surface area contributed by atoms with E-state index in [1.807, 2.05) is 6.07 Å². The number of methoxy groups -OCH3 is 2. The highest BCUT2D eigenvalue weighted by atomic mass is 16.5. The summed E-state index contributed by atoms with van der Waals surface area (Å²) in [4.78, 5) is 27.2. The van der Waals surface area contributed by atoms with Crippen molar-refractivity contribution in [3.63, 3.8) is 0 Å². The fraction of sp³-hybridized carbons (Fsp3) is 0.480. The van der Waals surface area contributed by atoms with E-state index in [9.17, 15) is 9.90 Å². The Balaban J connectivity index is 0.000000868. The summed E-state index contributed by atoms with van der Waals surface area (Å²) in [5.74, 6) is 1.14. The number of rotatable bonds is 4. The van der Waals surface area contributed by atoms with Crippen LogP contribution in [0.5, 0.6) is 11.5 Å². The Hall–Kier alpha value is -3.33. The number of aryl methyl sites for hydroxylation is 2. The fourth-order valence-electron chi connectivity index (χ4n) is 5.34. The molecular weight excluding hydrogens is 440 g/mol. The first-order valence-electron chi connectivity index (χ1n) is 11.4. The Morgan fingerprint density at radius 1 is 1.09 bits per heavy atom. The van der Waals surface area contributed by atoms with Crippen molar-refractivity contribution in [2.75, 3.05) is 38.8 Å². The van der Waals surface area contributed by atoms with E-state index in [1.165, 1.54) is 5.56 Å². The molecule has 3 aliphatic rings. The molecule has 182 valence electrons. The summed E-state index contributed by atoms with van der Waals surface area (Å²) < 4.78 is 17.4. The molecule has 0 saturated carbocycles. The van der Waals surface area contributed by atoms with Gasteiger partial charge < -0.3 is 29.3 Å². The van der Waals surface area contributed by atoms with E-state index in [-0.39, 0.29) is 12.1 Å². The number of aromatic carboxylic acids is 1. The predicted molar refractivity (Wildman–Crippen MR) is 124 cm³/mol. The summed E-state index contributed by atoms with van der Waals surface area (Å²) in [5, 5.41) is 16.7. The third-order valence-corrected chi connectivity index (χ3v) is 6.98. The van der Waals surface area contributed by atoms with Crippen LogP contribution in [-0.4, -0.2) is 61.6 Å². The molecule has 1 aliphatic carbocycles. The minimum atomic E-state index is -0.909. The number of nitrogens with zero attached hydrogens (tertiary/aromatic N) is 2. The number of carbonyl (C=O) groups is 2. The molecule has 0 radical (unpaired) electrons. The molecule has 1 saturated heterocycles. The van der Waals surface area contributed by atoms with Crippen molar-refractivity contribution >= 4 is 18.3 Å². The summed E-state index contributed by atoms with van der Waals surface area (Å²) in [5.41, 5.74) is 4.46. The number of carboxylic acids is 1. The van der Waals surface area contributed by atoms with E-state index in [0.29, 0.717) is 36.8 Å². The van der Waals surface area contributed by atoms with Crippen molar-refractivity contribution in [3.05, 3.63) is 46.1 Å². The highest BCUT2D eigenvalue weighted by Gasteiger charge is 2.42. The van der Waals surface area contributed by atoms with E-state index in [1.54, 1.807) is 14.2 Å². The molecule has 0 amide bonds. The van der Waals surface area contributed by atoms with Crippen LogP contribution in [0.4, 0.5) is 5.82 Å². The molecule has 0 bridgehead atoms. The topological polar surface area (TPSA) is 118 Å². The second-order valence-corrected chi connectivity index (χ2v) is 8.67. The van der Waals surface area contributed by atoms with Crippen molar-refractivity contribution in [3.8, 4) is 11.5 Å². The molecule has 1 aromatic heterocycles. The summed E-state index contributed by atoms with van der Waals surface area (Å²) in [7, 11) is 3.30. The normalized spacial score (nSPS) is 17.8. The standard InChI is InChI=1S/C24H28N2O5.CH2O2/c1-29-20-13-15-6-11-31-24(18(15)14-21(20)30-2)7-9-26(10-8-24)22-17(23(27)28)12-16-4-3-5-19(16)25-22;2-1-3/h12-14H,3-11H2,1-2H3,(H,27,28);1H,(H,2,3). The number of ether oxygens (including phenoxy) is 3. The van der Waals surface area contributed by atoms with Crippen LogP contribution in [0, 0.1) is 0 Å². The highest BCUT2D eigenvalue weighted by molar-refractivity contribution is 5.93. The second kappa shape index (κ2) is 9.89. The maximum Gasteiger partial charge on any atom is 0.339 e. The molecule has 9 nitrogen and oxygen atoms in total. The molecular formula is C25H30N2O7. The van der Waals surface area contributed by atoms with E-state index in [4.69, 9.17) is 29.1 Å². The lowest BCUT2D eigenvalue weighted by Crippen LogP contribution is -2.47. The zero-order chi connectivity index (χ0) is 24.3. The Labute approximate surface area is 198 Å². The Bertz CT molecular complexity index is 1080. The van der Waals surface area contributed by atoms with Crippen LogP contribution in [-0.2, 0) is 34.4 Å². The van der Waals surface area contributed by atoms with Crippen LogP contribution in [0.25, 0.3) is 0 Å². The number of fused-ring (bicyclic) bond motifs is 3. The first-order chi connectivity index (χ1) is 16.5. The SMILES string of the molecule is COc1cc2c(cc1OC)C1(CCN(c3nc4c(cc3C(=O)O)CCC4)CC1)OCC2.O=CO. The van der Waals surface area contributed by atoms with Crippen molar-refractivity contribution in [1.82, 2.24) is 4.98 Å². The molecule has 1 fully saturated rings. The highest BCUT2D eigenvalue weighted by Crippen LogP contribution is 2.46. The van der Waals surface area contributed by atoms with Crippen molar-refractivity contribution in [2.45, 2.75) is 44.1 Å². The van der Waals surface area contributed by atoms with Crippen LogP contribution in [0.1, 0.15) is 52.0 Å². The third-order valence-electron chi connectivity index (χ3n) is 6.98. The van der Waals surface area contributed by atoms with Crippen LogP contribution < -0.4 is 14.4 Å². The molecule has 2 aromatic rings. The summed E-state index contributed by atoms with van der Waals surface area (Å²) in [6.45, 7) is 1.81. The average Bonchev–Trinajstić information content (AvgIpc) is 3.31. The van der Waals surface area contributed by atoms with Gasteiger partial charge in [0, 0.05) is 18.8 Å². The number of pyridine rings is 1. The van der Waals surface area contributed by atoms with Crippen molar-refractivity contribution in [2.24, 2.45) is 0 Å². The first-order valence-corrected chi connectivity index (χ1v) is 11.4. The number of carboxylic acid groups (broad SMARTS) is 2. The molecule has 0 unspecified atom stereocenters. The molecule has 5 rings (SSSR count). The smallest absolute Gasteiger partial charge is 0.339 e. The van der Waals surface area contributed by atoms with Crippen molar-refractivity contribution < 1.29 is 34.0 Å². The fourth-order valence-corrected chi connectivity index (χ4v) is 5.34. The van der Waals surface area contributed by atoms with Gasteiger partial charge >= 0.3 is 5.97 Å². The zero-order valence-corrected chi connectivity index (χ0v) is 19.5. The lowest BCUT2D eigenvalue weighted by molar-refractivity contribution is -0.122. The average molecular weight is 471 g/mol. The number of benzene rings is 1. The van der Waals surface area contributed by atoms with E-state index in [2.05, 4.69) is 17.0 Å². The van der Waals surface area contributed by atoms with Gasteiger partial charge in [0.1, 0.15) is 11.4 Å². The van der Waals surface area contributed by atoms with Gasteiger partial charge in [0.2, 0.25) is 0 Å². The van der Waals surface area contributed by atoms with Gasteiger partial charge in [0.05, 0.1) is 26.4 Å². The largest absolute Gasteiger partial charge is 0.493 e. The van der Waals surface area contributed by atoms with Gasteiger partial charge in [-0.3, -0.25) is 4.79 Å². The van der Waals surface area contributed by atoms with Crippen molar-refractivity contribution in [1.29, 1.82) is 0 Å². The van der Waals surface area contributed by atoms with Gasteiger partial charge in [-0.05, 0) is 73.4 Å². The van der Waals surface area contributed by atoms with Gasteiger partial charge in [-0.15, -0.1) is 0 Å². The van der Waals surface area contributed by atoms with Crippen LogP contribution >= 0.6 is 0 Å². The minimum Gasteiger partial charge on any atom is -0.493 e. The van der Waals surface area contributed by atoms with Crippen LogP contribution in [0.3, 0.4) is 0 Å². The molecule has 9 heteroatoms. The zero-order valence-electron chi connectivity index (χ0n) is 19.5. The molecule has 3 heterocycles. The molecule has 0 atom stereocenters. The van der Waals surface area contributed by atoms with Crippen LogP contribution in [0.2, 0.25) is 0 Å². The number of anilines is 1. The monoisotopic (exact) mass is 470 g/mol. The quantitative estimate of drug-likeness (QED) is 0.650. The van der Waals surface area contributed by atoms with E-state index < -0.39 is 5.97 Å². The van der Waals surface area contributed by atoms with Gasteiger partial charge in [-0.1, -0.05) is 0 Å². The molecule has 2 aliphatic heterocycles. The van der Waals surface area contributed by atoms with Gasteiger partial charge in [0.25, 0.3) is 6.47 Å². The lowest BCUT2D eigenvalue weighted by atomic mass is 9.79. The summed E-state index contributed by atoms with van der Waals surface area (Å²) in [6, 6.07) is 5.95. The molecule has 34 heavy (non-hydrogen) atoms. The minimum absolute atomic E-state index is 0.250. The second-order valence-electron chi connectivity index (χ2n) is 8.67. The maximum atomic E-state index is 11.9.